The number of fused-ring (bicyclic) bond motifs is 6. The first-order chi connectivity index (χ1) is 13.3. The highest BCUT2D eigenvalue weighted by Gasteiger charge is 2.31. The van der Waals surface area contributed by atoms with Gasteiger partial charge in [0, 0.05) is 16.5 Å². The second-order valence-electron chi connectivity index (χ2n) is 7.51. The molecule has 0 saturated carbocycles. The Balaban J connectivity index is 2.07. The van der Waals surface area contributed by atoms with Gasteiger partial charge in [-0.15, -0.1) is 0 Å². The number of hydrogen-bond donors (Lipinski definition) is 0. The van der Waals surface area contributed by atoms with Crippen LogP contribution in [-0.4, -0.2) is 9.38 Å². The fourth-order valence-electron chi connectivity index (χ4n) is 3.95. The van der Waals surface area contributed by atoms with Crippen molar-refractivity contribution in [2.75, 3.05) is 0 Å². The molecule has 4 rings (SSSR count). The van der Waals surface area contributed by atoms with Crippen molar-refractivity contribution in [3.05, 3.63) is 58.9 Å². The molecule has 2 nitrogen and oxygen atoms in total. The Morgan fingerprint density at radius 1 is 0.929 bits per heavy atom. The molecule has 0 aliphatic carbocycles. The monoisotopic (exact) mass is 384 g/mol. The molecular weight excluding hydrogens is 361 g/mol. The maximum absolute atomic E-state index is 13.4. The van der Waals surface area contributed by atoms with Crippen molar-refractivity contribution in [1.29, 1.82) is 0 Å². The van der Waals surface area contributed by atoms with Crippen LogP contribution in [0.3, 0.4) is 0 Å². The number of nitrogens with zero attached hydrogens (tertiary/aromatic N) is 2. The lowest BCUT2D eigenvalue weighted by atomic mass is 9.99. The standard InChI is InChI=1S/C23H23F3N2/c1-4-5-6-7-16-8-11-21-20(12-16)19-13-17(23(24,25)26)9-10-18(19)22-27-14(2)15(3)28(21)22/h8-13H,4-7H2,1-3H3. The Kier molecular flexibility index (Phi) is 4.56. The molecule has 0 amide bonds. The first-order valence-corrected chi connectivity index (χ1v) is 9.72. The Morgan fingerprint density at radius 2 is 1.71 bits per heavy atom. The van der Waals surface area contributed by atoms with Crippen LogP contribution in [0.1, 0.15) is 48.7 Å². The zero-order chi connectivity index (χ0) is 20.1. The van der Waals surface area contributed by atoms with Crippen LogP contribution in [0.5, 0.6) is 0 Å². The largest absolute Gasteiger partial charge is 0.416 e. The molecule has 146 valence electrons. The van der Waals surface area contributed by atoms with Gasteiger partial charge in [-0.1, -0.05) is 31.9 Å². The first kappa shape index (κ1) is 18.8. The number of pyridine rings is 1. The smallest absolute Gasteiger partial charge is 0.296 e. The molecule has 0 aliphatic heterocycles. The molecule has 0 spiro atoms. The summed E-state index contributed by atoms with van der Waals surface area (Å²) in [6.45, 7) is 6.09. The number of halogens is 3. The highest BCUT2D eigenvalue weighted by molar-refractivity contribution is 6.12. The predicted octanol–water partition coefficient (Wildman–Crippen LogP) is 7.01. The second kappa shape index (κ2) is 6.80. The van der Waals surface area contributed by atoms with Gasteiger partial charge in [-0.2, -0.15) is 13.2 Å². The van der Waals surface area contributed by atoms with Crippen LogP contribution in [0.25, 0.3) is 27.3 Å². The van der Waals surface area contributed by atoms with Gasteiger partial charge >= 0.3 is 6.18 Å². The number of aryl methyl sites for hydroxylation is 3. The molecule has 0 fully saturated rings. The van der Waals surface area contributed by atoms with E-state index in [0.29, 0.717) is 11.0 Å². The fourth-order valence-corrected chi connectivity index (χ4v) is 3.95. The summed E-state index contributed by atoms with van der Waals surface area (Å²) in [6.07, 6.45) is -0.0640. The van der Waals surface area contributed by atoms with Crippen molar-refractivity contribution in [1.82, 2.24) is 9.38 Å². The van der Waals surface area contributed by atoms with Gasteiger partial charge in [0.25, 0.3) is 0 Å². The lowest BCUT2D eigenvalue weighted by molar-refractivity contribution is -0.137. The first-order valence-electron chi connectivity index (χ1n) is 9.72. The zero-order valence-electron chi connectivity index (χ0n) is 16.3. The highest BCUT2D eigenvalue weighted by atomic mass is 19.4. The number of hydrogen-bond acceptors (Lipinski definition) is 1. The van der Waals surface area contributed by atoms with E-state index in [0.717, 1.165) is 65.0 Å². The molecule has 2 aromatic heterocycles. The lowest BCUT2D eigenvalue weighted by Gasteiger charge is -2.13. The van der Waals surface area contributed by atoms with E-state index >= 15 is 0 Å². The van der Waals surface area contributed by atoms with Crippen LogP contribution in [0.4, 0.5) is 13.2 Å². The van der Waals surface area contributed by atoms with E-state index in [1.54, 1.807) is 6.07 Å². The molecule has 28 heavy (non-hydrogen) atoms. The molecule has 2 aromatic carbocycles. The Morgan fingerprint density at radius 3 is 2.43 bits per heavy atom. The van der Waals surface area contributed by atoms with E-state index in [4.69, 9.17) is 0 Å². The summed E-state index contributed by atoms with van der Waals surface area (Å²) in [5.74, 6) is 0. The molecule has 0 bridgehead atoms. The van der Waals surface area contributed by atoms with E-state index in [-0.39, 0.29) is 0 Å². The van der Waals surface area contributed by atoms with Gasteiger partial charge in [-0.25, -0.2) is 4.98 Å². The average molecular weight is 384 g/mol. The summed E-state index contributed by atoms with van der Waals surface area (Å²) < 4.78 is 42.2. The minimum absolute atomic E-state index is 0.611. The van der Waals surface area contributed by atoms with Crippen molar-refractivity contribution in [3.8, 4) is 0 Å². The molecule has 2 heterocycles. The van der Waals surface area contributed by atoms with Gasteiger partial charge in [0.2, 0.25) is 0 Å². The number of benzene rings is 2. The van der Waals surface area contributed by atoms with Crippen molar-refractivity contribution in [2.24, 2.45) is 0 Å². The van der Waals surface area contributed by atoms with Crippen LogP contribution >= 0.6 is 0 Å². The number of imidazole rings is 1. The average Bonchev–Trinajstić information content (AvgIpc) is 2.96. The minimum Gasteiger partial charge on any atom is -0.296 e. The number of unbranched alkanes of at least 4 members (excludes halogenated alkanes) is 2. The van der Waals surface area contributed by atoms with Crippen molar-refractivity contribution >= 4 is 27.3 Å². The third-order valence-corrected chi connectivity index (χ3v) is 5.59. The molecule has 0 atom stereocenters. The van der Waals surface area contributed by atoms with Crippen LogP contribution in [-0.2, 0) is 12.6 Å². The number of alkyl halides is 3. The van der Waals surface area contributed by atoms with Gasteiger partial charge in [-0.05, 0) is 61.9 Å². The molecule has 0 unspecified atom stereocenters. The van der Waals surface area contributed by atoms with Gasteiger partial charge in [0.15, 0.2) is 0 Å². The molecule has 0 radical (unpaired) electrons. The van der Waals surface area contributed by atoms with Crippen molar-refractivity contribution in [3.63, 3.8) is 0 Å². The van der Waals surface area contributed by atoms with E-state index in [2.05, 4.69) is 28.4 Å². The van der Waals surface area contributed by atoms with Gasteiger partial charge < -0.3 is 0 Å². The molecule has 0 aliphatic rings. The maximum atomic E-state index is 13.4. The summed E-state index contributed by atoms with van der Waals surface area (Å²) in [5.41, 5.74) is 4.06. The predicted molar refractivity (Wildman–Crippen MR) is 108 cm³/mol. The van der Waals surface area contributed by atoms with Gasteiger partial charge in [0.1, 0.15) is 5.65 Å². The molecular formula is C23H23F3N2. The molecule has 0 saturated heterocycles. The van der Waals surface area contributed by atoms with Crippen molar-refractivity contribution < 1.29 is 13.2 Å². The van der Waals surface area contributed by atoms with E-state index in [1.165, 1.54) is 6.07 Å². The second-order valence-corrected chi connectivity index (χ2v) is 7.51. The Hall–Kier alpha value is -2.56. The molecule has 5 heteroatoms. The lowest BCUT2D eigenvalue weighted by Crippen LogP contribution is -2.05. The summed E-state index contributed by atoms with van der Waals surface area (Å²) in [7, 11) is 0. The SMILES string of the molecule is CCCCCc1ccc2c(c1)c1cc(C(F)(F)F)ccc1c1nc(C)c(C)n21. The van der Waals surface area contributed by atoms with E-state index in [1.807, 2.05) is 19.9 Å². The summed E-state index contributed by atoms with van der Waals surface area (Å²) in [4.78, 5) is 4.65. The van der Waals surface area contributed by atoms with Crippen LogP contribution < -0.4 is 0 Å². The van der Waals surface area contributed by atoms with Crippen LogP contribution in [0, 0.1) is 13.8 Å². The summed E-state index contributed by atoms with van der Waals surface area (Å²) >= 11 is 0. The normalized spacial score (nSPS) is 12.5. The van der Waals surface area contributed by atoms with Crippen LogP contribution in [0.2, 0.25) is 0 Å². The topological polar surface area (TPSA) is 17.3 Å². The minimum atomic E-state index is -4.37. The third-order valence-electron chi connectivity index (χ3n) is 5.59. The van der Waals surface area contributed by atoms with E-state index in [9.17, 15) is 13.2 Å². The molecule has 0 N–H and O–H groups in total. The van der Waals surface area contributed by atoms with E-state index < -0.39 is 11.7 Å². The Bertz CT molecular complexity index is 1190. The third kappa shape index (κ3) is 3.03. The zero-order valence-corrected chi connectivity index (χ0v) is 16.3. The summed E-state index contributed by atoms with van der Waals surface area (Å²) in [6, 6.07) is 10.2. The van der Waals surface area contributed by atoms with Gasteiger partial charge in [-0.3, -0.25) is 4.40 Å². The van der Waals surface area contributed by atoms with Gasteiger partial charge in [0.05, 0.1) is 16.8 Å². The highest BCUT2D eigenvalue weighted by Crippen LogP contribution is 2.36. The maximum Gasteiger partial charge on any atom is 0.416 e. The number of aromatic nitrogens is 2. The summed E-state index contributed by atoms with van der Waals surface area (Å²) in [5, 5.41) is 2.21. The Labute approximate surface area is 162 Å². The van der Waals surface area contributed by atoms with Crippen molar-refractivity contribution in [2.45, 2.75) is 52.6 Å². The fraction of sp³-hybridized carbons (Fsp3) is 0.348. The molecule has 4 aromatic rings. The number of rotatable bonds is 4. The quantitative estimate of drug-likeness (QED) is 0.273. The van der Waals surface area contributed by atoms with Crippen LogP contribution in [0.15, 0.2) is 36.4 Å².